The van der Waals surface area contributed by atoms with Gasteiger partial charge in [0, 0.05) is 56.1 Å². The van der Waals surface area contributed by atoms with E-state index in [1.54, 1.807) is 9.58 Å². The molecular formula is C16H17F3N6O. The maximum absolute atomic E-state index is 12.9. The molecule has 10 heteroatoms. The van der Waals surface area contributed by atoms with Crippen LogP contribution in [0.5, 0.6) is 0 Å². The lowest BCUT2D eigenvalue weighted by atomic mass is 10.0. The van der Waals surface area contributed by atoms with Gasteiger partial charge in [-0.2, -0.15) is 18.3 Å². The number of hydrogen-bond donors (Lipinski definition) is 0. The SMILES string of the molecule is CN1CCc2nn3c(c2C1)C(=O)N(Cc1cnc(C(F)(F)F)nc1)CC3. The van der Waals surface area contributed by atoms with Crippen molar-refractivity contribution in [2.45, 2.75) is 32.2 Å². The summed E-state index contributed by atoms with van der Waals surface area (Å²) in [5, 5.41) is 4.55. The molecule has 4 rings (SSSR count). The normalized spacial score (nSPS) is 18.0. The Balaban J connectivity index is 1.55. The number of amides is 1. The van der Waals surface area contributed by atoms with Crippen molar-refractivity contribution in [1.29, 1.82) is 0 Å². The van der Waals surface area contributed by atoms with Crippen LogP contribution in [0.15, 0.2) is 12.4 Å². The number of nitrogens with zero attached hydrogens (tertiary/aromatic N) is 6. The number of halogens is 3. The van der Waals surface area contributed by atoms with Crippen LogP contribution in [0.2, 0.25) is 0 Å². The fourth-order valence-corrected chi connectivity index (χ4v) is 3.38. The van der Waals surface area contributed by atoms with Crippen LogP contribution in [-0.2, 0) is 32.2 Å². The van der Waals surface area contributed by atoms with E-state index < -0.39 is 12.0 Å². The summed E-state index contributed by atoms with van der Waals surface area (Å²) in [6.45, 7) is 2.77. The van der Waals surface area contributed by atoms with E-state index in [1.165, 1.54) is 0 Å². The van der Waals surface area contributed by atoms with Crippen molar-refractivity contribution in [3.05, 3.63) is 40.7 Å². The smallest absolute Gasteiger partial charge is 0.331 e. The molecule has 1 amide bonds. The Morgan fingerprint density at radius 2 is 1.88 bits per heavy atom. The molecule has 4 heterocycles. The molecule has 0 bridgehead atoms. The summed E-state index contributed by atoms with van der Waals surface area (Å²) in [7, 11) is 2.00. The van der Waals surface area contributed by atoms with Gasteiger partial charge in [-0.1, -0.05) is 0 Å². The fraction of sp³-hybridized carbons (Fsp3) is 0.500. The maximum atomic E-state index is 12.9. The molecule has 2 aromatic heterocycles. The predicted octanol–water partition coefficient (Wildman–Crippen LogP) is 1.34. The van der Waals surface area contributed by atoms with Gasteiger partial charge < -0.3 is 9.80 Å². The Hall–Kier alpha value is -2.49. The molecule has 0 N–H and O–H groups in total. The van der Waals surface area contributed by atoms with E-state index in [9.17, 15) is 18.0 Å². The highest BCUT2D eigenvalue weighted by Gasteiger charge is 2.35. The van der Waals surface area contributed by atoms with E-state index in [2.05, 4.69) is 20.0 Å². The van der Waals surface area contributed by atoms with Crippen LogP contribution in [0, 0.1) is 0 Å². The molecule has 0 aliphatic carbocycles. The molecule has 138 valence electrons. The Morgan fingerprint density at radius 3 is 2.58 bits per heavy atom. The first-order valence-corrected chi connectivity index (χ1v) is 8.27. The third-order valence-corrected chi connectivity index (χ3v) is 4.70. The first-order chi connectivity index (χ1) is 12.3. The lowest BCUT2D eigenvalue weighted by molar-refractivity contribution is -0.145. The summed E-state index contributed by atoms with van der Waals surface area (Å²) >= 11 is 0. The van der Waals surface area contributed by atoms with E-state index in [0.29, 0.717) is 30.9 Å². The highest BCUT2D eigenvalue weighted by molar-refractivity contribution is 5.95. The number of likely N-dealkylation sites (N-methyl/N-ethyl adjacent to an activating group) is 1. The zero-order chi connectivity index (χ0) is 18.5. The monoisotopic (exact) mass is 366 g/mol. The van der Waals surface area contributed by atoms with Gasteiger partial charge in [0.05, 0.1) is 12.2 Å². The van der Waals surface area contributed by atoms with Gasteiger partial charge in [-0.3, -0.25) is 9.48 Å². The molecule has 0 fully saturated rings. The summed E-state index contributed by atoms with van der Waals surface area (Å²) < 4.78 is 39.4. The van der Waals surface area contributed by atoms with E-state index in [0.717, 1.165) is 36.6 Å². The summed E-state index contributed by atoms with van der Waals surface area (Å²) in [5.41, 5.74) is 2.97. The lowest BCUT2D eigenvalue weighted by Crippen LogP contribution is -2.40. The number of carbonyl (C=O) groups excluding carboxylic acids is 1. The number of alkyl halides is 3. The Kier molecular flexibility index (Phi) is 3.94. The van der Waals surface area contributed by atoms with Gasteiger partial charge in [0.25, 0.3) is 5.91 Å². The summed E-state index contributed by atoms with van der Waals surface area (Å²) in [6, 6.07) is 0. The molecule has 0 radical (unpaired) electrons. The number of aromatic nitrogens is 4. The quantitative estimate of drug-likeness (QED) is 0.802. The van der Waals surface area contributed by atoms with Crippen molar-refractivity contribution >= 4 is 5.91 Å². The predicted molar refractivity (Wildman–Crippen MR) is 84.0 cm³/mol. The Bertz CT molecular complexity index is 845. The summed E-state index contributed by atoms with van der Waals surface area (Å²) in [4.78, 5) is 23.4. The zero-order valence-corrected chi connectivity index (χ0v) is 14.1. The molecule has 0 saturated heterocycles. The maximum Gasteiger partial charge on any atom is 0.451 e. The van der Waals surface area contributed by atoms with Crippen molar-refractivity contribution in [2.24, 2.45) is 0 Å². The minimum Gasteiger partial charge on any atom is -0.331 e. The van der Waals surface area contributed by atoms with Crippen LogP contribution in [0.4, 0.5) is 13.2 Å². The standard InChI is InChI=1S/C16H17F3N6O/c1-23-3-2-12-11(9-23)13-14(26)24(4-5-25(13)22-12)8-10-6-20-15(21-7-10)16(17,18)19/h6-7H,2-5,8-9H2,1H3. The molecule has 0 atom stereocenters. The molecule has 26 heavy (non-hydrogen) atoms. The van der Waals surface area contributed by atoms with Crippen LogP contribution < -0.4 is 0 Å². The minimum absolute atomic E-state index is 0.153. The Labute approximate surface area is 147 Å². The second-order valence-electron chi connectivity index (χ2n) is 6.62. The molecule has 0 aromatic carbocycles. The number of hydrogen-bond acceptors (Lipinski definition) is 5. The average molecular weight is 366 g/mol. The second-order valence-corrected chi connectivity index (χ2v) is 6.62. The number of carbonyl (C=O) groups is 1. The van der Waals surface area contributed by atoms with Gasteiger partial charge in [0.2, 0.25) is 5.82 Å². The summed E-state index contributed by atoms with van der Waals surface area (Å²) in [5.74, 6) is -1.33. The number of rotatable bonds is 2. The van der Waals surface area contributed by atoms with Gasteiger partial charge in [0.1, 0.15) is 5.69 Å². The molecule has 2 aliphatic heterocycles. The van der Waals surface area contributed by atoms with Crippen molar-refractivity contribution in [3.63, 3.8) is 0 Å². The highest BCUT2D eigenvalue weighted by Crippen LogP contribution is 2.27. The zero-order valence-electron chi connectivity index (χ0n) is 14.1. The molecule has 7 nitrogen and oxygen atoms in total. The third-order valence-electron chi connectivity index (χ3n) is 4.70. The van der Waals surface area contributed by atoms with Crippen LogP contribution in [0.3, 0.4) is 0 Å². The van der Waals surface area contributed by atoms with Crippen molar-refractivity contribution in [3.8, 4) is 0 Å². The molecule has 2 aromatic rings. The average Bonchev–Trinajstić information content (AvgIpc) is 2.95. The Morgan fingerprint density at radius 1 is 1.15 bits per heavy atom. The minimum atomic E-state index is -4.57. The number of fused-ring (bicyclic) bond motifs is 3. The fourth-order valence-electron chi connectivity index (χ4n) is 3.38. The first kappa shape index (κ1) is 17.0. The topological polar surface area (TPSA) is 67.2 Å². The van der Waals surface area contributed by atoms with Gasteiger partial charge in [-0.15, -0.1) is 0 Å². The van der Waals surface area contributed by atoms with Crippen molar-refractivity contribution in [2.75, 3.05) is 20.1 Å². The van der Waals surface area contributed by atoms with Gasteiger partial charge >= 0.3 is 6.18 Å². The molecule has 0 spiro atoms. The van der Waals surface area contributed by atoms with Crippen LogP contribution >= 0.6 is 0 Å². The molecular weight excluding hydrogens is 349 g/mol. The molecule has 0 saturated carbocycles. The molecule has 2 aliphatic rings. The first-order valence-electron chi connectivity index (χ1n) is 8.27. The van der Waals surface area contributed by atoms with E-state index >= 15 is 0 Å². The van der Waals surface area contributed by atoms with E-state index in [-0.39, 0.29) is 12.5 Å². The van der Waals surface area contributed by atoms with E-state index in [4.69, 9.17) is 0 Å². The lowest BCUT2D eigenvalue weighted by Gasteiger charge is -2.29. The summed E-state index contributed by atoms with van der Waals surface area (Å²) in [6.07, 6.45) is -1.51. The van der Waals surface area contributed by atoms with Gasteiger partial charge in [-0.05, 0) is 7.05 Å². The van der Waals surface area contributed by atoms with Crippen molar-refractivity contribution in [1.82, 2.24) is 29.5 Å². The van der Waals surface area contributed by atoms with Gasteiger partial charge in [-0.25, -0.2) is 9.97 Å². The largest absolute Gasteiger partial charge is 0.451 e. The van der Waals surface area contributed by atoms with Crippen LogP contribution in [0.1, 0.15) is 33.1 Å². The van der Waals surface area contributed by atoms with Crippen LogP contribution in [0.25, 0.3) is 0 Å². The van der Waals surface area contributed by atoms with Crippen molar-refractivity contribution < 1.29 is 18.0 Å². The third kappa shape index (κ3) is 2.94. The van der Waals surface area contributed by atoms with Crippen LogP contribution in [-0.4, -0.2) is 55.6 Å². The van der Waals surface area contributed by atoms with E-state index in [1.807, 2.05) is 7.05 Å². The molecule has 0 unspecified atom stereocenters. The second kappa shape index (κ2) is 6.04. The van der Waals surface area contributed by atoms with Gasteiger partial charge in [0.15, 0.2) is 0 Å². The highest BCUT2D eigenvalue weighted by atomic mass is 19.4.